The van der Waals surface area contributed by atoms with Crippen LogP contribution < -0.4 is 4.74 Å². The summed E-state index contributed by atoms with van der Waals surface area (Å²) in [6.45, 7) is -0.0158. The molecule has 1 heterocycles. The van der Waals surface area contributed by atoms with Gasteiger partial charge in [0.1, 0.15) is 11.6 Å². The molecule has 0 amide bonds. The molecule has 0 spiro atoms. The van der Waals surface area contributed by atoms with Crippen molar-refractivity contribution in [2.75, 3.05) is 6.61 Å². The smallest absolute Gasteiger partial charge is 0.358 e. The number of nitrogens with zero attached hydrogens (tertiary/aromatic N) is 1. The first-order chi connectivity index (χ1) is 9.08. The first kappa shape index (κ1) is 13.0. The van der Waals surface area contributed by atoms with Gasteiger partial charge in [-0.2, -0.15) is 0 Å². The minimum absolute atomic E-state index is 0.0158. The minimum Gasteiger partial charge on any atom is -0.490 e. The number of ether oxygens (including phenoxy) is 1. The third-order valence-corrected chi connectivity index (χ3v) is 2.32. The molecule has 0 unspecified atom stereocenters. The number of rotatable bonds is 5. The van der Waals surface area contributed by atoms with E-state index in [2.05, 4.69) is 4.98 Å². The Kier molecular flexibility index (Phi) is 3.74. The van der Waals surface area contributed by atoms with Gasteiger partial charge >= 0.3 is 5.97 Å². The Labute approximate surface area is 106 Å². The fourth-order valence-electron chi connectivity index (χ4n) is 1.47. The van der Waals surface area contributed by atoms with Crippen molar-refractivity contribution >= 4 is 5.97 Å². The number of hydrogen-bond donors (Lipinski definition) is 1. The Balaban J connectivity index is 1.96. The van der Waals surface area contributed by atoms with Crippen LogP contribution >= 0.6 is 0 Å². The van der Waals surface area contributed by atoms with Gasteiger partial charge < -0.3 is 14.3 Å². The van der Waals surface area contributed by atoms with Crippen molar-refractivity contribution < 1.29 is 27.8 Å². The number of halogens is 2. The Morgan fingerprint density at radius 1 is 1.42 bits per heavy atom. The van der Waals surface area contributed by atoms with Gasteiger partial charge in [-0.3, -0.25) is 0 Å². The number of benzene rings is 1. The summed E-state index contributed by atoms with van der Waals surface area (Å²) in [5, 5.41) is 8.78. The maximum atomic E-state index is 13.2. The Bertz CT molecular complexity index is 597. The van der Waals surface area contributed by atoms with E-state index in [9.17, 15) is 13.6 Å². The Hall–Kier alpha value is -2.44. The summed E-state index contributed by atoms with van der Waals surface area (Å²) in [6.07, 6.45) is 1.12. The molecular weight excluding hydrogens is 260 g/mol. The lowest BCUT2D eigenvalue weighted by molar-refractivity contribution is 0.0688. The summed E-state index contributed by atoms with van der Waals surface area (Å²) in [4.78, 5) is 14.3. The van der Waals surface area contributed by atoms with Crippen molar-refractivity contribution in [1.82, 2.24) is 4.98 Å². The van der Waals surface area contributed by atoms with Crippen molar-refractivity contribution in [1.29, 1.82) is 0 Å². The molecule has 0 fully saturated rings. The lowest BCUT2D eigenvalue weighted by Crippen LogP contribution is -2.07. The van der Waals surface area contributed by atoms with E-state index in [0.29, 0.717) is 6.07 Å². The van der Waals surface area contributed by atoms with Crippen LogP contribution in [0.3, 0.4) is 0 Å². The molecule has 100 valence electrons. The Morgan fingerprint density at radius 2 is 2.21 bits per heavy atom. The van der Waals surface area contributed by atoms with Crippen LogP contribution in [0.15, 0.2) is 29.0 Å². The van der Waals surface area contributed by atoms with Crippen LogP contribution in [-0.4, -0.2) is 22.7 Å². The summed E-state index contributed by atoms with van der Waals surface area (Å²) in [7, 11) is 0. The van der Waals surface area contributed by atoms with Crippen molar-refractivity contribution in [2.45, 2.75) is 6.42 Å². The highest BCUT2D eigenvalue weighted by Crippen LogP contribution is 2.18. The number of aromatic carboxylic acids is 1. The first-order valence-electron chi connectivity index (χ1n) is 5.31. The molecule has 0 aliphatic rings. The van der Waals surface area contributed by atoms with Crippen molar-refractivity contribution in [3.63, 3.8) is 0 Å². The van der Waals surface area contributed by atoms with Crippen LogP contribution in [0.5, 0.6) is 5.75 Å². The summed E-state index contributed by atoms with van der Waals surface area (Å²) in [6, 6.07) is 2.92. The van der Waals surface area contributed by atoms with E-state index in [1.165, 1.54) is 0 Å². The normalized spacial score (nSPS) is 10.4. The van der Waals surface area contributed by atoms with E-state index in [0.717, 1.165) is 18.5 Å². The van der Waals surface area contributed by atoms with Crippen LogP contribution in [0.1, 0.15) is 16.2 Å². The van der Waals surface area contributed by atoms with Crippen LogP contribution in [0.25, 0.3) is 0 Å². The molecule has 19 heavy (non-hydrogen) atoms. The predicted molar refractivity (Wildman–Crippen MR) is 59.0 cm³/mol. The third-order valence-electron chi connectivity index (χ3n) is 2.32. The molecule has 0 atom stereocenters. The van der Waals surface area contributed by atoms with Gasteiger partial charge in [0.25, 0.3) is 0 Å². The van der Waals surface area contributed by atoms with Crippen LogP contribution in [-0.2, 0) is 6.42 Å². The lowest BCUT2D eigenvalue weighted by Gasteiger charge is -2.06. The summed E-state index contributed by atoms with van der Waals surface area (Å²) >= 11 is 0. The monoisotopic (exact) mass is 269 g/mol. The predicted octanol–water partition coefficient (Wildman–Crippen LogP) is 2.27. The van der Waals surface area contributed by atoms with Gasteiger partial charge in [0, 0.05) is 12.5 Å². The van der Waals surface area contributed by atoms with Gasteiger partial charge in [-0.15, -0.1) is 0 Å². The molecule has 1 aromatic carbocycles. The Morgan fingerprint density at radius 3 is 2.89 bits per heavy atom. The summed E-state index contributed by atoms with van der Waals surface area (Å²) < 4.78 is 35.8. The van der Waals surface area contributed by atoms with Crippen molar-refractivity contribution in [3.8, 4) is 5.75 Å². The lowest BCUT2D eigenvalue weighted by atomic mass is 10.2. The molecule has 5 nitrogen and oxygen atoms in total. The van der Waals surface area contributed by atoms with Crippen LogP contribution in [0.2, 0.25) is 0 Å². The second-order valence-electron chi connectivity index (χ2n) is 3.60. The highest BCUT2D eigenvalue weighted by atomic mass is 19.1. The van der Waals surface area contributed by atoms with E-state index in [-0.39, 0.29) is 30.2 Å². The SMILES string of the molecule is O=C(O)c1ncoc1CCOc1ccc(F)cc1F. The maximum absolute atomic E-state index is 13.2. The quantitative estimate of drug-likeness (QED) is 0.901. The second kappa shape index (κ2) is 5.47. The largest absolute Gasteiger partial charge is 0.490 e. The van der Waals surface area contributed by atoms with E-state index in [1.807, 2.05) is 0 Å². The molecule has 1 N–H and O–H groups in total. The first-order valence-corrected chi connectivity index (χ1v) is 5.31. The molecule has 2 rings (SSSR count). The van der Waals surface area contributed by atoms with E-state index >= 15 is 0 Å². The number of carbonyl (C=O) groups is 1. The minimum atomic E-state index is -1.21. The average molecular weight is 269 g/mol. The zero-order chi connectivity index (χ0) is 13.8. The van der Waals surface area contributed by atoms with E-state index in [1.54, 1.807) is 0 Å². The van der Waals surface area contributed by atoms with Gasteiger partial charge in [0.15, 0.2) is 23.7 Å². The zero-order valence-corrected chi connectivity index (χ0v) is 9.60. The molecule has 0 radical (unpaired) electrons. The van der Waals surface area contributed by atoms with Crippen LogP contribution in [0, 0.1) is 11.6 Å². The molecule has 1 aromatic heterocycles. The van der Waals surface area contributed by atoms with Gasteiger partial charge in [-0.1, -0.05) is 0 Å². The van der Waals surface area contributed by atoms with E-state index < -0.39 is 17.6 Å². The van der Waals surface area contributed by atoms with E-state index in [4.69, 9.17) is 14.3 Å². The summed E-state index contributed by atoms with van der Waals surface area (Å²) in [5.74, 6) is -2.71. The molecule has 0 aliphatic heterocycles. The highest BCUT2D eigenvalue weighted by molar-refractivity contribution is 5.86. The fraction of sp³-hybridized carbons (Fsp3) is 0.167. The topological polar surface area (TPSA) is 72.6 Å². The summed E-state index contributed by atoms with van der Waals surface area (Å²) in [5.41, 5.74) is -0.205. The number of oxazole rings is 1. The fourth-order valence-corrected chi connectivity index (χ4v) is 1.47. The molecule has 0 saturated carbocycles. The third kappa shape index (κ3) is 3.06. The molecular formula is C12H9F2NO4. The highest BCUT2D eigenvalue weighted by Gasteiger charge is 2.15. The molecule has 0 saturated heterocycles. The van der Waals surface area contributed by atoms with Crippen molar-refractivity contribution in [2.24, 2.45) is 0 Å². The van der Waals surface area contributed by atoms with Gasteiger partial charge in [0.05, 0.1) is 6.61 Å². The number of aromatic nitrogens is 1. The maximum Gasteiger partial charge on any atom is 0.358 e. The number of carboxylic acid groups (broad SMARTS) is 1. The van der Waals surface area contributed by atoms with Gasteiger partial charge in [-0.05, 0) is 12.1 Å². The standard InChI is InChI=1S/C12H9F2NO4/c13-7-1-2-9(8(14)5-7)18-4-3-10-11(12(16)17)15-6-19-10/h1-2,5-6H,3-4H2,(H,16,17). The number of hydrogen-bond acceptors (Lipinski definition) is 4. The molecule has 7 heteroatoms. The van der Waals surface area contributed by atoms with Gasteiger partial charge in [0.2, 0.25) is 0 Å². The zero-order valence-electron chi connectivity index (χ0n) is 9.60. The van der Waals surface area contributed by atoms with Gasteiger partial charge in [-0.25, -0.2) is 18.6 Å². The van der Waals surface area contributed by atoms with Crippen molar-refractivity contribution in [3.05, 3.63) is 47.7 Å². The van der Waals surface area contributed by atoms with Crippen LogP contribution in [0.4, 0.5) is 8.78 Å². The molecule has 0 bridgehead atoms. The second-order valence-corrected chi connectivity index (χ2v) is 3.60. The number of carboxylic acids is 1. The molecule has 0 aliphatic carbocycles. The average Bonchev–Trinajstić information content (AvgIpc) is 2.80. The molecule has 2 aromatic rings.